The smallest absolute Gasteiger partial charge is 0.188 e. The topological polar surface area (TPSA) is 61.3 Å². The molecule has 3 rings (SSSR count). The number of rotatable bonds is 5. The second-order valence-corrected chi connectivity index (χ2v) is 8.53. The van der Waals surface area contributed by atoms with E-state index in [0.29, 0.717) is 16.2 Å². The average molecular weight is 422 g/mol. The zero-order valence-corrected chi connectivity index (χ0v) is 17.9. The molecule has 5 nitrogen and oxygen atoms in total. The van der Waals surface area contributed by atoms with E-state index in [9.17, 15) is 0 Å². The van der Waals surface area contributed by atoms with Crippen molar-refractivity contribution in [3.05, 3.63) is 39.9 Å². The quantitative estimate of drug-likeness (QED) is 0.344. The van der Waals surface area contributed by atoms with E-state index >= 15 is 0 Å². The van der Waals surface area contributed by atoms with Crippen molar-refractivity contribution < 1.29 is 0 Å². The number of hydrazone groups is 1. The SMILES string of the molecule is C/C(=N/NC(=S)NC1CCCCC1)c1sc(Nc2cccc(Cl)c2)nc1C. The molecule has 144 valence electrons. The van der Waals surface area contributed by atoms with E-state index in [0.717, 1.165) is 27.1 Å². The predicted molar refractivity (Wildman–Crippen MR) is 120 cm³/mol. The zero-order chi connectivity index (χ0) is 19.2. The van der Waals surface area contributed by atoms with Crippen LogP contribution in [0.1, 0.15) is 49.6 Å². The second-order valence-electron chi connectivity index (χ2n) is 6.69. The van der Waals surface area contributed by atoms with Crippen LogP contribution in [-0.4, -0.2) is 21.8 Å². The number of aromatic nitrogens is 1. The van der Waals surface area contributed by atoms with E-state index in [2.05, 4.69) is 26.1 Å². The Balaban J connectivity index is 1.60. The average Bonchev–Trinajstić information content (AvgIpc) is 3.01. The third kappa shape index (κ3) is 5.89. The summed E-state index contributed by atoms with van der Waals surface area (Å²) >= 11 is 13.0. The molecule has 0 bridgehead atoms. The van der Waals surface area contributed by atoms with Gasteiger partial charge < -0.3 is 10.6 Å². The Bertz CT molecular complexity index is 827. The van der Waals surface area contributed by atoms with Crippen molar-refractivity contribution in [2.75, 3.05) is 5.32 Å². The highest BCUT2D eigenvalue weighted by Crippen LogP contribution is 2.27. The highest BCUT2D eigenvalue weighted by Gasteiger charge is 2.14. The number of halogens is 1. The Hall–Kier alpha value is -1.70. The van der Waals surface area contributed by atoms with Gasteiger partial charge in [0.05, 0.1) is 16.3 Å². The Labute approximate surface area is 174 Å². The molecule has 1 saturated carbocycles. The Morgan fingerprint density at radius 1 is 1.30 bits per heavy atom. The maximum Gasteiger partial charge on any atom is 0.188 e. The molecule has 0 unspecified atom stereocenters. The summed E-state index contributed by atoms with van der Waals surface area (Å²) in [6.07, 6.45) is 6.22. The van der Waals surface area contributed by atoms with Gasteiger partial charge in [-0.1, -0.05) is 48.3 Å². The summed E-state index contributed by atoms with van der Waals surface area (Å²) < 4.78 is 0. The van der Waals surface area contributed by atoms with Crippen LogP contribution in [0.5, 0.6) is 0 Å². The number of nitrogens with one attached hydrogen (secondary N) is 3. The highest BCUT2D eigenvalue weighted by molar-refractivity contribution is 7.80. The van der Waals surface area contributed by atoms with Gasteiger partial charge in [0.25, 0.3) is 0 Å². The molecule has 0 spiro atoms. The first-order valence-corrected chi connectivity index (χ1v) is 10.7. The molecule has 1 aromatic carbocycles. The van der Waals surface area contributed by atoms with E-state index in [1.54, 1.807) is 11.3 Å². The molecular formula is C19H24ClN5S2. The lowest BCUT2D eigenvalue weighted by Crippen LogP contribution is -2.41. The number of thiocarbonyl (C=S) groups is 1. The highest BCUT2D eigenvalue weighted by atomic mass is 35.5. The molecule has 1 aliphatic rings. The van der Waals surface area contributed by atoms with Gasteiger partial charge in [0.2, 0.25) is 0 Å². The molecule has 1 aromatic heterocycles. The Kier molecular flexibility index (Phi) is 7.04. The molecule has 1 heterocycles. The second kappa shape index (κ2) is 9.48. The molecule has 0 amide bonds. The lowest BCUT2D eigenvalue weighted by molar-refractivity contribution is 0.412. The number of hydrogen-bond acceptors (Lipinski definition) is 5. The van der Waals surface area contributed by atoms with Crippen LogP contribution < -0.4 is 16.1 Å². The van der Waals surface area contributed by atoms with Crippen molar-refractivity contribution >= 4 is 56.8 Å². The molecule has 3 N–H and O–H groups in total. The predicted octanol–water partition coefficient (Wildman–Crippen LogP) is 5.37. The molecule has 0 atom stereocenters. The lowest BCUT2D eigenvalue weighted by atomic mass is 9.96. The summed E-state index contributed by atoms with van der Waals surface area (Å²) in [6.45, 7) is 3.94. The minimum Gasteiger partial charge on any atom is -0.359 e. The summed E-state index contributed by atoms with van der Waals surface area (Å²) in [5.74, 6) is 0. The normalized spacial score (nSPS) is 15.4. The molecule has 8 heteroatoms. The Morgan fingerprint density at radius 3 is 2.81 bits per heavy atom. The molecule has 27 heavy (non-hydrogen) atoms. The largest absolute Gasteiger partial charge is 0.359 e. The number of aryl methyl sites for hydroxylation is 1. The van der Waals surface area contributed by atoms with E-state index in [-0.39, 0.29) is 0 Å². The van der Waals surface area contributed by atoms with Gasteiger partial charge in [0.15, 0.2) is 10.2 Å². The maximum atomic E-state index is 6.04. The van der Waals surface area contributed by atoms with Crippen molar-refractivity contribution in [1.29, 1.82) is 0 Å². The summed E-state index contributed by atoms with van der Waals surface area (Å²) in [5, 5.41) is 13.2. The number of nitrogens with zero attached hydrogens (tertiary/aromatic N) is 2. The van der Waals surface area contributed by atoms with Gasteiger partial charge in [-0.05, 0) is 57.1 Å². The van der Waals surface area contributed by atoms with Crippen molar-refractivity contribution in [2.24, 2.45) is 5.10 Å². The standard InChI is InChI=1S/C19H24ClN5S2/c1-12-17(27-19(21-12)23-16-10-6-7-14(20)11-16)13(2)24-25-18(26)22-15-8-4-3-5-9-15/h6-7,10-11,15H,3-5,8-9H2,1-2H3,(H,21,23)(H2,22,25,26)/b24-13-. The first-order valence-electron chi connectivity index (χ1n) is 9.12. The fourth-order valence-electron chi connectivity index (χ4n) is 3.13. The summed E-state index contributed by atoms with van der Waals surface area (Å²) in [6, 6.07) is 8.05. The van der Waals surface area contributed by atoms with Crippen LogP contribution >= 0.6 is 35.2 Å². The van der Waals surface area contributed by atoms with Gasteiger partial charge in [-0.25, -0.2) is 4.98 Å². The molecule has 1 fully saturated rings. The molecule has 0 saturated heterocycles. The van der Waals surface area contributed by atoms with E-state index in [4.69, 9.17) is 23.8 Å². The van der Waals surface area contributed by atoms with E-state index in [1.165, 1.54) is 32.1 Å². The minimum absolute atomic E-state index is 0.466. The molecule has 2 aromatic rings. The lowest BCUT2D eigenvalue weighted by Gasteiger charge is -2.23. The third-order valence-corrected chi connectivity index (χ3v) is 6.09. The number of anilines is 2. The van der Waals surface area contributed by atoms with Crippen LogP contribution in [0, 0.1) is 6.92 Å². The molecule has 0 aliphatic heterocycles. The minimum atomic E-state index is 0.466. The maximum absolute atomic E-state index is 6.04. The summed E-state index contributed by atoms with van der Waals surface area (Å²) in [7, 11) is 0. The van der Waals surface area contributed by atoms with Crippen LogP contribution in [0.2, 0.25) is 5.02 Å². The molecule has 1 aliphatic carbocycles. The number of hydrogen-bond donors (Lipinski definition) is 3. The van der Waals surface area contributed by atoms with Gasteiger partial charge in [-0.15, -0.1) is 0 Å². The number of thiazole rings is 1. The van der Waals surface area contributed by atoms with Crippen LogP contribution in [0.15, 0.2) is 29.4 Å². The fourth-order valence-corrected chi connectivity index (χ4v) is 4.46. The van der Waals surface area contributed by atoms with Crippen molar-refractivity contribution in [3.63, 3.8) is 0 Å². The fraction of sp³-hybridized carbons (Fsp3) is 0.421. The van der Waals surface area contributed by atoms with Gasteiger partial charge in [-0.3, -0.25) is 5.43 Å². The Morgan fingerprint density at radius 2 is 2.07 bits per heavy atom. The molecular weight excluding hydrogens is 398 g/mol. The van der Waals surface area contributed by atoms with Gasteiger partial charge in [0.1, 0.15) is 0 Å². The van der Waals surface area contributed by atoms with Crippen molar-refractivity contribution in [3.8, 4) is 0 Å². The van der Waals surface area contributed by atoms with Crippen molar-refractivity contribution in [1.82, 2.24) is 15.7 Å². The van der Waals surface area contributed by atoms with Crippen LogP contribution in [0.3, 0.4) is 0 Å². The van der Waals surface area contributed by atoms with Crippen molar-refractivity contribution in [2.45, 2.75) is 52.0 Å². The third-order valence-electron chi connectivity index (χ3n) is 4.47. The first-order chi connectivity index (χ1) is 13.0. The first kappa shape index (κ1) is 20.0. The molecule has 0 radical (unpaired) electrons. The summed E-state index contributed by atoms with van der Waals surface area (Å²) in [4.78, 5) is 5.61. The van der Waals surface area contributed by atoms with Gasteiger partial charge >= 0.3 is 0 Å². The van der Waals surface area contributed by atoms with E-state index in [1.807, 2.05) is 38.1 Å². The monoisotopic (exact) mass is 421 g/mol. The number of benzene rings is 1. The zero-order valence-electron chi connectivity index (χ0n) is 15.5. The van der Waals surface area contributed by atoms with Crippen LogP contribution in [0.4, 0.5) is 10.8 Å². The van der Waals surface area contributed by atoms with Crippen LogP contribution in [-0.2, 0) is 0 Å². The van der Waals surface area contributed by atoms with Gasteiger partial charge in [-0.2, -0.15) is 5.10 Å². The van der Waals surface area contributed by atoms with E-state index < -0.39 is 0 Å². The summed E-state index contributed by atoms with van der Waals surface area (Å²) in [5.41, 5.74) is 5.67. The van der Waals surface area contributed by atoms with Crippen LogP contribution in [0.25, 0.3) is 0 Å². The van der Waals surface area contributed by atoms with Gasteiger partial charge in [0, 0.05) is 16.8 Å².